The second-order valence-corrected chi connectivity index (χ2v) is 6.99. The minimum atomic E-state index is -0.368. The van der Waals surface area contributed by atoms with Crippen molar-refractivity contribution in [2.24, 2.45) is 11.8 Å². The Kier molecular flexibility index (Phi) is 4.52. The van der Waals surface area contributed by atoms with Gasteiger partial charge in [0.15, 0.2) is 23.0 Å². The first-order valence-electron chi connectivity index (χ1n) is 8.54. The summed E-state index contributed by atoms with van der Waals surface area (Å²) < 4.78 is 10.8. The predicted octanol–water partition coefficient (Wildman–Crippen LogP) is 3.56. The van der Waals surface area contributed by atoms with Crippen molar-refractivity contribution in [2.45, 2.75) is 26.7 Å². The fourth-order valence-electron chi connectivity index (χ4n) is 3.74. The molecule has 0 fully saturated rings. The Bertz CT molecular complexity index is 787. The van der Waals surface area contributed by atoms with Crippen molar-refractivity contribution >= 4 is 0 Å². The van der Waals surface area contributed by atoms with Crippen LogP contribution in [0.2, 0.25) is 0 Å². The summed E-state index contributed by atoms with van der Waals surface area (Å²) in [6.07, 6.45) is 1.32. The molecule has 140 valence electrons. The maximum atomic E-state index is 10.3. The normalized spacial score (nSPS) is 19.1. The molecule has 0 aliphatic heterocycles. The van der Waals surface area contributed by atoms with E-state index in [0.29, 0.717) is 24.0 Å². The van der Waals surface area contributed by atoms with E-state index in [-0.39, 0.29) is 46.3 Å². The van der Waals surface area contributed by atoms with Crippen molar-refractivity contribution in [2.75, 3.05) is 14.2 Å². The number of phenolic OH excluding ortho intramolecular Hbond substituents is 4. The molecule has 2 aromatic carbocycles. The molecule has 0 amide bonds. The monoisotopic (exact) mass is 360 g/mol. The summed E-state index contributed by atoms with van der Waals surface area (Å²) in [4.78, 5) is 0. The van der Waals surface area contributed by atoms with Crippen LogP contribution in [0.25, 0.3) is 11.1 Å². The van der Waals surface area contributed by atoms with Crippen LogP contribution in [0.1, 0.15) is 25.0 Å². The zero-order valence-electron chi connectivity index (χ0n) is 15.3. The van der Waals surface area contributed by atoms with Gasteiger partial charge in [0.1, 0.15) is 0 Å². The van der Waals surface area contributed by atoms with Crippen LogP contribution in [0.4, 0.5) is 0 Å². The highest BCUT2D eigenvalue weighted by Crippen LogP contribution is 2.54. The van der Waals surface area contributed by atoms with Crippen LogP contribution in [0.3, 0.4) is 0 Å². The molecule has 0 unspecified atom stereocenters. The number of aromatic hydroxyl groups is 4. The van der Waals surface area contributed by atoms with Gasteiger partial charge in [0.25, 0.3) is 0 Å². The van der Waals surface area contributed by atoms with Crippen molar-refractivity contribution in [3.8, 4) is 45.6 Å². The number of benzene rings is 2. The highest BCUT2D eigenvalue weighted by Gasteiger charge is 2.31. The maximum Gasteiger partial charge on any atom is 0.201 e. The summed E-state index contributed by atoms with van der Waals surface area (Å²) in [7, 11) is 2.82. The first-order valence-corrected chi connectivity index (χ1v) is 8.54. The standard InChI is InChI=1S/C20H24O6/c1-9-5-11-7-13(21)17(23)19(25-3)15(11)16-12(6-10(9)2)8-14(22)18(24)20(16)26-4/h7-10,21-24H,5-6H2,1-4H3/t9-,10+. The fraction of sp³-hybridized carbons (Fsp3) is 0.400. The number of phenols is 4. The van der Waals surface area contributed by atoms with Gasteiger partial charge in [-0.25, -0.2) is 0 Å². The van der Waals surface area contributed by atoms with Crippen molar-refractivity contribution in [1.82, 2.24) is 0 Å². The quantitative estimate of drug-likeness (QED) is 0.611. The van der Waals surface area contributed by atoms with Gasteiger partial charge in [0.05, 0.1) is 14.2 Å². The van der Waals surface area contributed by atoms with E-state index in [4.69, 9.17) is 9.47 Å². The molecule has 0 saturated carbocycles. The molecule has 0 saturated heterocycles. The summed E-state index contributed by atoms with van der Waals surface area (Å²) in [5, 5.41) is 40.9. The number of hydrogen-bond donors (Lipinski definition) is 4. The number of rotatable bonds is 2. The van der Waals surface area contributed by atoms with Crippen molar-refractivity contribution < 1.29 is 29.9 Å². The van der Waals surface area contributed by atoms with Crippen LogP contribution in [-0.2, 0) is 12.8 Å². The van der Waals surface area contributed by atoms with Crippen molar-refractivity contribution in [1.29, 1.82) is 0 Å². The van der Waals surface area contributed by atoms with E-state index in [0.717, 1.165) is 11.1 Å². The number of hydrogen-bond acceptors (Lipinski definition) is 6. The topological polar surface area (TPSA) is 99.4 Å². The van der Waals surface area contributed by atoms with Crippen LogP contribution in [0.15, 0.2) is 12.1 Å². The van der Waals surface area contributed by atoms with E-state index in [1.165, 1.54) is 26.4 Å². The highest BCUT2D eigenvalue weighted by atomic mass is 16.5. The number of fused-ring (bicyclic) bond motifs is 3. The van der Waals surface area contributed by atoms with Crippen LogP contribution in [0, 0.1) is 11.8 Å². The third kappa shape index (κ3) is 2.66. The number of methoxy groups -OCH3 is 2. The number of ether oxygens (including phenoxy) is 2. The second-order valence-electron chi connectivity index (χ2n) is 6.99. The summed E-state index contributed by atoms with van der Waals surface area (Å²) in [5.41, 5.74) is 2.68. The molecular formula is C20H24O6. The summed E-state index contributed by atoms with van der Waals surface area (Å²) >= 11 is 0. The average Bonchev–Trinajstić information content (AvgIpc) is 2.59. The molecule has 26 heavy (non-hydrogen) atoms. The van der Waals surface area contributed by atoms with Gasteiger partial charge in [-0.2, -0.15) is 0 Å². The first kappa shape index (κ1) is 18.0. The van der Waals surface area contributed by atoms with Gasteiger partial charge >= 0.3 is 0 Å². The van der Waals surface area contributed by atoms with E-state index in [9.17, 15) is 20.4 Å². The van der Waals surface area contributed by atoms with Gasteiger partial charge in [-0.15, -0.1) is 0 Å². The summed E-state index contributed by atoms with van der Waals surface area (Å²) in [6.45, 7) is 4.24. The molecule has 1 aliphatic rings. The summed E-state index contributed by atoms with van der Waals surface area (Å²) in [5.74, 6) is -0.442. The lowest BCUT2D eigenvalue weighted by Crippen LogP contribution is -2.18. The van der Waals surface area contributed by atoms with Crippen LogP contribution < -0.4 is 9.47 Å². The van der Waals surface area contributed by atoms with Gasteiger partial charge < -0.3 is 29.9 Å². The Hall–Kier alpha value is -2.76. The molecular weight excluding hydrogens is 336 g/mol. The lowest BCUT2D eigenvalue weighted by atomic mass is 9.77. The van der Waals surface area contributed by atoms with E-state index in [2.05, 4.69) is 13.8 Å². The Morgan fingerprint density at radius 1 is 0.731 bits per heavy atom. The van der Waals surface area contributed by atoms with Gasteiger partial charge in [-0.05, 0) is 47.9 Å². The Morgan fingerprint density at radius 3 is 1.38 bits per heavy atom. The van der Waals surface area contributed by atoms with Crippen LogP contribution in [0.5, 0.6) is 34.5 Å². The predicted molar refractivity (Wildman–Crippen MR) is 97.4 cm³/mol. The average molecular weight is 360 g/mol. The van der Waals surface area contributed by atoms with Gasteiger partial charge in [-0.3, -0.25) is 0 Å². The molecule has 6 nitrogen and oxygen atoms in total. The van der Waals surface area contributed by atoms with E-state index in [1.807, 2.05) is 0 Å². The maximum absolute atomic E-state index is 10.3. The van der Waals surface area contributed by atoms with E-state index < -0.39 is 0 Å². The molecule has 3 rings (SSSR count). The third-order valence-electron chi connectivity index (χ3n) is 5.35. The van der Waals surface area contributed by atoms with E-state index >= 15 is 0 Å². The lowest BCUT2D eigenvalue weighted by molar-refractivity contribution is 0.340. The smallest absolute Gasteiger partial charge is 0.201 e. The SMILES string of the molecule is COc1c(O)c(O)cc2c1-c1c(cc(O)c(O)c1OC)C[C@H](C)[C@H](C)C2. The molecule has 2 aromatic rings. The zero-order chi connectivity index (χ0) is 19.2. The summed E-state index contributed by atoms with van der Waals surface area (Å²) in [6, 6.07) is 3.05. The van der Waals surface area contributed by atoms with Gasteiger partial charge in [0, 0.05) is 11.1 Å². The van der Waals surface area contributed by atoms with Crippen LogP contribution in [-0.4, -0.2) is 34.6 Å². The zero-order valence-corrected chi connectivity index (χ0v) is 15.3. The first-order chi connectivity index (χ1) is 12.3. The molecule has 0 radical (unpaired) electrons. The minimum absolute atomic E-state index is 0.117. The lowest BCUT2D eigenvalue weighted by Gasteiger charge is -2.29. The van der Waals surface area contributed by atoms with Gasteiger partial charge in [0.2, 0.25) is 11.5 Å². The molecule has 0 bridgehead atoms. The van der Waals surface area contributed by atoms with Crippen LogP contribution >= 0.6 is 0 Å². The largest absolute Gasteiger partial charge is 0.504 e. The molecule has 0 spiro atoms. The molecule has 6 heteroatoms. The molecule has 2 atom stereocenters. The Labute approximate surface area is 152 Å². The van der Waals surface area contributed by atoms with Gasteiger partial charge in [-0.1, -0.05) is 13.8 Å². The third-order valence-corrected chi connectivity index (χ3v) is 5.35. The minimum Gasteiger partial charge on any atom is -0.504 e. The Balaban J connectivity index is 2.48. The molecule has 4 N–H and O–H groups in total. The second kappa shape index (κ2) is 6.52. The van der Waals surface area contributed by atoms with Crippen molar-refractivity contribution in [3.05, 3.63) is 23.3 Å². The molecule has 0 heterocycles. The van der Waals surface area contributed by atoms with Crippen molar-refractivity contribution in [3.63, 3.8) is 0 Å². The Morgan fingerprint density at radius 2 is 1.08 bits per heavy atom. The highest BCUT2D eigenvalue weighted by molar-refractivity contribution is 5.88. The van der Waals surface area contributed by atoms with E-state index in [1.54, 1.807) is 0 Å². The molecule has 0 aromatic heterocycles. The molecule has 1 aliphatic carbocycles. The fourth-order valence-corrected chi connectivity index (χ4v) is 3.74.